The Hall–Kier alpha value is -0.650. The third-order valence-electron chi connectivity index (χ3n) is 3.28. The van der Waals surface area contributed by atoms with Crippen molar-refractivity contribution in [3.63, 3.8) is 0 Å². The summed E-state index contributed by atoms with van der Waals surface area (Å²) in [7, 11) is -2.91. The topological polar surface area (TPSA) is 60.2 Å². The molecule has 1 aliphatic rings. The van der Waals surface area contributed by atoms with E-state index < -0.39 is 21.7 Å². The number of sulfone groups is 1. The van der Waals surface area contributed by atoms with Gasteiger partial charge < -0.3 is 5.73 Å². The minimum atomic E-state index is -2.91. The van der Waals surface area contributed by atoms with Crippen molar-refractivity contribution in [2.75, 3.05) is 11.5 Å². The maximum absolute atomic E-state index is 13.6. The summed E-state index contributed by atoms with van der Waals surface area (Å²) in [5.41, 5.74) is 6.33. The van der Waals surface area contributed by atoms with Gasteiger partial charge in [-0.05, 0) is 30.9 Å². The lowest BCUT2D eigenvalue weighted by Crippen LogP contribution is -2.17. The van der Waals surface area contributed by atoms with E-state index in [1.54, 1.807) is 12.1 Å². The van der Waals surface area contributed by atoms with Crippen molar-refractivity contribution in [3.05, 3.63) is 34.6 Å². The van der Waals surface area contributed by atoms with Crippen molar-refractivity contribution in [2.45, 2.75) is 18.9 Å². The lowest BCUT2D eigenvalue weighted by molar-refractivity contribution is 0.466. The Morgan fingerprint density at radius 3 is 2.78 bits per heavy atom. The van der Waals surface area contributed by atoms with Gasteiger partial charge in [0.05, 0.1) is 11.5 Å². The van der Waals surface area contributed by atoms with Gasteiger partial charge in [-0.1, -0.05) is 17.7 Å². The third-order valence-corrected chi connectivity index (χ3v) is 5.35. The Labute approximate surface area is 111 Å². The fourth-order valence-corrected chi connectivity index (χ4v) is 4.39. The SMILES string of the molecule is NC(CC1CCS(=O)(=O)C1)c1ccc(Cl)cc1F. The minimum absolute atomic E-state index is 0.0279. The Bertz CT molecular complexity index is 547. The fraction of sp³-hybridized carbons (Fsp3) is 0.500. The highest BCUT2D eigenvalue weighted by atomic mass is 35.5. The number of hydrogen-bond donors (Lipinski definition) is 1. The highest BCUT2D eigenvalue weighted by Gasteiger charge is 2.29. The molecule has 1 fully saturated rings. The molecule has 0 saturated carbocycles. The van der Waals surface area contributed by atoms with Crippen LogP contribution >= 0.6 is 11.6 Å². The van der Waals surface area contributed by atoms with Crippen molar-refractivity contribution >= 4 is 21.4 Å². The molecule has 0 spiro atoms. The predicted molar refractivity (Wildman–Crippen MR) is 69.7 cm³/mol. The molecule has 1 aliphatic heterocycles. The summed E-state index contributed by atoms with van der Waals surface area (Å²) < 4.78 is 36.3. The second-order valence-electron chi connectivity index (χ2n) is 4.78. The van der Waals surface area contributed by atoms with Gasteiger partial charge in [-0.15, -0.1) is 0 Å². The van der Waals surface area contributed by atoms with Crippen molar-refractivity contribution in [1.82, 2.24) is 0 Å². The molecule has 2 rings (SSSR count). The summed E-state index contributed by atoms with van der Waals surface area (Å²) in [6, 6.07) is 3.89. The Kier molecular flexibility index (Phi) is 3.94. The third kappa shape index (κ3) is 3.22. The van der Waals surface area contributed by atoms with Crippen LogP contribution in [0.2, 0.25) is 5.02 Å². The molecular weight excluding hydrogens is 277 g/mol. The standard InChI is InChI=1S/C12H15ClFNO2S/c13-9-1-2-10(11(14)6-9)12(15)5-8-3-4-18(16,17)7-8/h1-2,6,8,12H,3-5,7,15H2. The Morgan fingerprint density at radius 2 is 2.22 bits per heavy atom. The van der Waals surface area contributed by atoms with E-state index in [4.69, 9.17) is 17.3 Å². The van der Waals surface area contributed by atoms with Gasteiger partial charge in [0, 0.05) is 16.6 Å². The van der Waals surface area contributed by atoms with E-state index in [1.165, 1.54) is 6.07 Å². The van der Waals surface area contributed by atoms with Crippen molar-refractivity contribution in [1.29, 1.82) is 0 Å². The van der Waals surface area contributed by atoms with Crippen LogP contribution in [-0.4, -0.2) is 19.9 Å². The number of nitrogens with two attached hydrogens (primary N) is 1. The summed E-state index contributed by atoms with van der Waals surface area (Å²) in [5.74, 6) is -0.0282. The number of benzene rings is 1. The van der Waals surface area contributed by atoms with Crippen LogP contribution in [0.15, 0.2) is 18.2 Å². The Morgan fingerprint density at radius 1 is 1.50 bits per heavy atom. The molecule has 0 bridgehead atoms. The molecule has 2 atom stereocenters. The number of hydrogen-bond acceptors (Lipinski definition) is 3. The van der Waals surface area contributed by atoms with Crippen LogP contribution in [0.1, 0.15) is 24.4 Å². The average molecular weight is 292 g/mol. The van der Waals surface area contributed by atoms with Crippen LogP contribution in [-0.2, 0) is 9.84 Å². The van der Waals surface area contributed by atoms with Gasteiger partial charge in [-0.2, -0.15) is 0 Å². The molecule has 0 aliphatic carbocycles. The number of halogens is 2. The van der Waals surface area contributed by atoms with Crippen molar-refractivity contribution < 1.29 is 12.8 Å². The highest BCUT2D eigenvalue weighted by Crippen LogP contribution is 2.29. The molecular formula is C12H15ClFNO2S. The van der Waals surface area contributed by atoms with Gasteiger partial charge in [0.25, 0.3) is 0 Å². The first kappa shape index (κ1) is 13.8. The monoisotopic (exact) mass is 291 g/mol. The summed E-state index contributed by atoms with van der Waals surface area (Å²) in [6.45, 7) is 0. The molecule has 1 heterocycles. The molecule has 1 saturated heterocycles. The minimum Gasteiger partial charge on any atom is -0.324 e. The molecule has 18 heavy (non-hydrogen) atoms. The number of rotatable bonds is 3. The molecule has 2 unspecified atom stereocenters. The summed E-state index contributed by atoms with van der Waals surface area (Å²) in [5, 5.41) is 0.326. The zero-order valence-electron chi connectivity index (χ0n) is 9.77. The molecule has 0 amide bonds. The van der Waals surface area contributed by atoms with Crippen molar-refractivity contribution in [2.24, 2.45) is 11.7 Å². The first-order valence-corrected chi connectivity index (χ1v) is 7.98. The Balaban J connectivity index is 2.06. The van der Waals surface area contributed by atoms with E-state index in [0.29, 0.717) is 23.4 Å². The maximum Gasteiger partial charge on any atom is 0.150 e. The molecule has 0 radical (unpaired) electrons. The van der Waals surface area contributed by atoms with Crippen LogP contribution in [0.3, 0.4) is 0 Å². The zero-order chi connectivity index (χ0) is 13.3. The van der Waals surface area contributed by atoms with Gasteiger partial charge in [0.2, 0.25) is 0 Å². The van der Waals surface area contributed by atoms with Crippen LogP contribution in [0.4, 0.5) is 4.39 Å². The van der Waals surface area contributed by atoms with Gasteiger partial charge in [0.1, 0.15) is 5.82 Å². The predicted octanol–water partition coefficient (Wildman–Crippen LogP) is 2.30. The van der Waals surface area contributed by atoms with Crippen LogP contribution < -0.4 is 5.73 Å². The molecule has 0 aromatic heterocycles. The van der Waals surface area contributed by atoms with Gasteiger partial charge in [-0.25, -0.2) is 12.8 Å². The molecule has 6 heteroatoms. The van der Waals surface area contributed by atoms with Crippen LogP contribution in [0, 0.1) is 11.7 Å². The summed E-state index contributed by atoms with van der Waals surface area (Å²) in [4.78, 5) is 0. The van der Waals surface area contributed by atoms with E-state index >= 15 is 0 Å². The van der Waals surface area contributed by atoms with Crippen LogP contribution in [0.5, 0.6) is 0 Å². The second-order valence-corrected chi connectivity index (χ2v) is 7.44. The molecule has 1 aromatic carbocycles. The lowest BCUT2D eigenvalue weighted by atomic mass is 9.95. The van der Waals surface area contributed by atoms with E-state index in [0.717, 1.165) is 0 Å². The van der Waals surface area contributed by atoms with Crippen LogP contribution in [0.25, 0.3) is 0 Å². The summed E-state index contributed by atoms with van der Waals surface area (Å²) >= 11 is 5.67. The fourth-order valence-electron chi connectivity index (χ4n) is 2.35. The molecule has 2 N–H and O–H groups in total. The average Bonchev–Trinajstić information content (AvgIpc) is 2.57. The van der Waals surface area contributed by atoms with Crippen molar-refractivity contribution in [3.8, 4) is 0 Å². The quantitative estimate of drug-likeness (QED) is 0.929. The normalized spacial score (nSPS) is 24.1. The maximum atomic E-state index is 13.6. The van der Waals surface area contributed by atoms with Gasteiger partial charge in [0.15, 0.2) is 9.84 Å². The molecule has 100 valence electrons. The van der Waals surface area contributed by atoms with E-state index in [2.05, 4.69) is 0 Å². The first-order valence-electron chi connectivity index (χ1n) is 5.78. The summed E-state index contributed by atoms with van der Waals surface area (Å²) in [6.07, 6.45) is 1.10. The van der Waals surface area contributed by atoms with Gasteiger partial charge >= 0.3 is 0 Å². The van der Waals surface area contributed by atoms with E-state index in [1.807, 2.05) is 0 Å². The highest BCUT2D eigenvalue weighted by molar-refractivity contribution is 7.91. The van der Waals surface area contributed by atoms with E-state index in [9.17, 15) is 12.8 Å². The van der Waals surface area contributed by atoms with Gasteiger partial charge in [-0.3, -0.25) is 0 Å². The first-order chi connectivity index (χ1) is 8.37. The second kappa shape index (κ2) is 5.15. The smallest absolute Gasteiger partial charge is 0.150 e. The zero-order valence-corrected chi connectivity index (χ0v) is 11.3. The largest absolute Gasteiger partial charge is 0.324 e. The van der Waals surface area contributed by atoms with E-state index in [-0.39, 0.29) is 17.4 Å². The lowest BCUT2D eigenvalue weighted by Gasteiger charge is -2.16. The molecule has 3 nitrogen and oxygen atoms in total. The molecule has 1 aromatic rings.